The van der Waals surface area contributed by atoms with E-state index in [4.69, 9.17) is 9.47 Å². The van der Waals surface area contributed by atoms with Gasteiger partial charge in [0.2, 0.25) is 12.7 Å². The first kappa shape index (κ1) is 21.3. The van der Waals surface area contributed by atoms with E-state index in [0.717, 1.165) is 59.3 Å². The van der Waals surface area contributed by atoms with Crippen LogP contribution in [0.25, 0.3) is 10.9 Å². The minimum absolute atomic E-state index is 0.0685. The Morgan fingerprint density at radius 2 is 1.94 bits per heavy atom. The lowest BCUT2D eigenvalue weighted by molar-refractivity contribution is -0.121. The van der Waals surface area contributed by atoms with Gasteiger partial charge in [-0.25, -0.2) is 0 Å². The molecule has 4 rings (SSSR count). The fourth-order valence-electron chi connectivity index (χ4n) is 4.47. The summed E-state index contributed by atoms with van der Waals surface area (Å²) >= 11 is 0. The Kier molecular flexibility index (Phi) is 6.80. The lowest BCUT2D eigenvalue weighted by Crippen LogP contribution is -2.26. The molecular formula is C26H32N2O3. The van der Waals surface area contributed by atoms with Crippen molar-refractivity contribution in [3.05, 3.63) is 59.3 Å². The summed E-state index contributed by atoms with van der Waals surface area (Å²) in [6, 6.07) is 12.3. The number of carbonyl (C=O) groups excluding carboxylic acids is 1. The van der Waals surface area contributed by atoms with Crippen LogP contribution >= 0.6 is 0 Å². The standard InChI is InChI=1S/C26H32N2O3/c1-3-5-6-7-14-27-24(29)15-21(20-12-9-13-23-26(20)31-17-30-23)22-16-28-25-18(4-2)10-8-11-19(22)25/h8-13,16,21,28H,3-7,14-15,17H2,1-2H3,(H,27,29)/t21-/m0/s1. The van der Waals surface area contributed by atoms with Crippen molar-refractivity contribution in [1.29, 1.82) is 0 Å². The van der Waals surface area contributed by atoms with E-state index >= 15 is 0 Å². The van der Waals surface area contributed by atoms with Gasteiger partial charge in [0.1, 0.15) is 0 Å². The Balaban J connectivity index is 1.65. The Hall–Kier alpha value is -2.95. The molecule has 0 saturated heterocycles. The monoisotopic (exact) mass is 420 g/mol. The molecule has 0 unspecified atom stereocenters. The molecule has 0 radical (unpaired) electrons. The summed E-state index contributed by atoms with van der Waals surface area (Å²) in [5, 5.41) is 4.28. The third kappa shape index (κ3) is 4.55. The molecule has 31 heavy (non-hydrogen) atoms. The molecule has 2 aromatic carbocycles. The largest absolute Gasteiger partial charge is 0.454 e. The highest BCUT2D eigenvalue weighted by atomic mass is 16.7. The van der Waals surface area contributed by atoms with E-state index in [0.29, 0.717) is 6.42 Å². The van der Waals surface area contributed by atoms with Gasteiger partial charge in [0.25, 0.3) is 0 Å². The molecule has 2 heterocycles. The molecule has 5 heteroatoms. The van der Waals surface area contributed by atoms with Gasteiger partial charge in [-0.05, 0) is 30.0 Å². The van der Waals surface area contributed by atoms with Crippen LogP contribution in [0, 0.1) is 0 Å². The molecule has 1 aromatic heterocycles. The van der Waals surface area contributed by atoms with Gasteiger partial charge in [-0.1, -0.05) is 63.4 Å². The molecule has 0 spiro atoms. The second kappa shape index (κ2) is 9.90. The number of hydrogen-bond donors (Lipinski definition) is 2. The Bertz CT molecular complexity index is 1040. The maximum Gasteiger partial charge on any atom is 0.231 e. The molecule has 0 fully saturated rings. The number of benzene rings is 2. The predicted molar refractivity (Wildman–Crippen MR) is 124 cm³/mol. The minimum atomic E-state index is -0.117. The first-order valence-corrected chi connectivity index (χ1v) is 11.5. The highest BCUT2D eigenvalue weighted by Crippen LogP contribution is 2.44. The van der Waals surface area contributed by atoms with E-state index in [9.17, 15) is 4.79 Å². The average Bonchev–Trinajstić information content (AvgIpc) is 3.44. The number of aryl methyl sites for hydroxylation is 1. The summed E-state index contributed by atoms with van der Waals surface area (Å²) < 4.78 is 11.4. The molecule has 1 aliphatic rings. The van der Waals surface area contributed by atoms with E-state index < -0.39 is 0 Å². The van der Waals surface area contributed by atoms with Crippen LogP contribution in [0.4, 0.5) is 0 Å². The summed E-state index contributed by atoms with van der Waals surface area (Å²) in [5.74, 6) is 1.45. The SMILES string of the molecule is CCCCCCNC(=O)C[C@@H](c1cccc2c1OCO2)c1c[nH]c2c(CC)cccc12. The number of aromatic amines is 1. The van der Waals surface area contributed by atoms with Crippen LogP contribution in [0.1, 0.15) is 68.6 Å². The second-order valence-corrected chi connectivity index (χ2v) is 8.19. The molecule has 1 aliphatic heterocycles. The smallest absolute Gasteiger partial charge is 0.231 e. The maximum atomic E-state index is 12.9. The van der Waals surface area contributed by atoms with Gasteiger partial charge >= 0.3 is 0 Å². The van der Waals surface area contributed by atoms with Crippen molar-refractivity contribution in [3.8, 4) is 11.5 Å². The lowest BCUT2D eigenvalue weighted by atomic mass is 9.86. The number of unbranched alkanes of at least 4 members (excludes halogenated alkanes) is 3. The van der Waals surface area contributed by atoms with E-state index in [1.165, 1.54) is 18.4 Å². The van der Waals surface area contributed by atoms with Crippen molar-refractivity contribution in [1.82, 2.24) is 10.3 Å². The topological polar surface area (TPSA) is 63.4 Å². The van der Waals surface area contributed by atoms with Gasteiger partial charge in [-0.3, -0.25) is 4.79 Å². The average molecular weight is 421 g/mol. The molecular weight excluding hydrogens is 388 g/mol. The van der Waals surface area contributed by atoms with E-state index in [1.807, 2.05) is 12.1 Å². The van der Waals surface area contributed by atoms with Gasteiger partial charge in [0.15, 0.2) is 11.5 Å². The van der Waals surface area contributed by atoms with Gasteiger partial charge in [0, 0.05) is 41.5 Å². The van der Waals surface area contributed by atoms with Gasteiger partial charge in [-0.2, -0.15) is 0 Å². The van der Waals surface area contributed by atoms with Gasteiger partial charge < -0.3 is 19.8 Å². The molecule has 2 N–H and O–H groups in total. The number of para-hydroxylation sites is 2. The van der Waals surface area contributed by atoms with Crippen LogP contribution in [0.3, 0.4) is 0 Å². The summed E-state index contributed by atoms with van der Waals surface area (Å²) in [6.07, 6.45) is 7.96. The van der Waals surface area contributed by atoms with E-state index in [2.05, 4.69) is 54.6 Å². The van der Waals surface area contributed by atoms with Crippen molar-refractivity contribution in [2.24, 2.45) is 0 Å². The maximum absolute atomic E-state index is 12.9. The van der Waals surface area contributed by atoms with Gasteiger partial charge in [0.05, 0.1) is 0 Å². The number of rotatable bonds is 10. The predicted octanol–water partition coefficient (Wildman–Crippen LogP) is 5.68. The first-order valence-electron chi connectivity index (χ1n) is 11.5. The third-order valence-corrected chi connectivity index (χ3v) is 6.13. The van der Waals surface area contributed by atoms with Crippen LogP contribution < -0.4 is 14.8 Å². The van der Waals surface area contributed by atoms with Crippen LogP contribution in [0.15, 0.2) is 42.6 Å². The number of carbonyl (C=O) groups is 1. The highest BCUT2D eigenvalue weighted by Gasteiger charge is 2.28. The number of hydrogen-bond acceptors (Lipinski definition) is 3. The van der Waals surface area contributed by atoms with E-state index in [1.54, 1.807) is 0 Å². The Morgan fingerprint density at radius 1 is 1.06 bits per heavy atom. The van der Waals surface area contributed by atoms with Crippen molar-refractivity contribution in [2.45, 2.75) is 58.3 Å². The van der Waals surface area contributed by atoms with Crippen molar-refractivity contribution in [2.75, 3.05) is 13.3 Å². The minimum Gasteiger partial charge on any atom is -0.454 e. The molecule has 3 aromatic rings. The summed E-state index contributed by atoms with van der Waals surface area (Å²) in [7, 11) is 0. The fourth-order valence-corrected chi connectivity index (χ4v) is 4.47. The second-order valence-electron chi connectivity index (χ2n) is 8.19. The Labute approximate surface area is 184 Å². The molecule has 0 bridgehead atoms. The number of aromatic nitrogens is 1. The molecule has 0 saturated carbocycles. The fraction of sp³-hybridized carbons (Fsp3) is 0.423. The molecule has 0 aliphatic carbocycles. The van der Waals surface area contributed by atoms with Crippen molar-refractivity contribution >= 4 is 16.8 Å². The van der Waals surface area contributed by atoms with E-state index in [-0.39, 0.29) is 18.6 Å². The zero-order valence-electron chi connectivity index (χ0n) is 18.5. The summed E-state index contributed by atoms with van der Waals surface area (Å²) in [4.78, 5) is 16.4. The number of amides is 1. The number of H-pyrrole nitrogens is 1. The number of fused-ring (bicyclic) bond motifs is 2. The van der Waals surface area contributed by atoms with Crippen molar-refractivity contribution in [3.63, 3.8) is 0 Å². The highest BCUT2D eigenvalue weighted by molar-refractivity contribution is 5.88. The van der Waals surface area contributed by atoms with Crippen LogP contribution in [-0.2, 0) is 11.2 Å². The third-order valence-electron chi connectivity index (χ3n) is 6.13. The lowest BCUT2D eigenvalue weighted by Gasteiger charge is -2.19. The van der Waals surface area contributed by atoms with Gasteiger partial charge in [-0.15, -0.1) is 0 Å². The van der Waals surface area contributed by atoms with Crippen molar-refractivity contribution < 1.29 is 14.3 Å². The summed E-state index contributed by atoms with van der Waals surface area (Å²) in [6.45, 7) is 5.30. The van der Waals surface area contributed by atoms with Crippen LogP contribution in [-0.4, -0.2) is 24.2 Å². The normalized spacial score (nSPS) is 13.5. The first-order chi connectivity index (χ1) is 15.2. The van der Waals surface area contributed by atoms with Crippen LogP contribution in [0.5, 0.6) is 11.5 Å². The Morgan fingerprint density at radius 3 is 2.77 bits per heavy atom. The number of nitrogens with one attached hydrogen (secondary N) is 2. The zero-order chi connectivity index (χ0) is 21.6. The zero-order valence-corrected chi connectivity index (χ0v) is 18.5. The molecule has 1 amide bonds. The molecule has 5 nitrogen and oxygen atoms in total. The molecule has 164 valence electrons. The van der Waals surface area contributed by atoms with Crippen LogP contribution in [0.2, 0.25) is 0 Å². The quantitative estimate of drug-likeness (QED) is 0.415. The summed E-state index contributed by atoms with van der Waals surface area (Å²) in [5.41, 5.74) is 4.55. The molecule has 1 atom stereocenters. The number of ether oxygens (including phenoxy) is 2.